The third-order valence-electron chi connectivity index (χ3n) is 3.19. The van der Waals surface area contributed by atoms with Crippen LogP contribution in [0, 0.1) is 5.82 Å². The van der Waals surface area contributed by atoms with Gasteiger partial charge < -0.3 is 25.7 Å². The van der Waals surface area contributed by atoms with E-state index in [0.717, 1.165) is 6.07 Å². The maximum atomic E-state index is 14.1. The topological polar surface area (TPSA) is 143 Å². The molecule has 0 atom stereocenters. The SMILES string of the molecule is CCOc1ccc(-c2c(C(=O)O)c(N)[nH]c(=O)c2C(=O)O)cc1F. The Balaban J connectivity index is 2.86. The molecule has 0 spiro atoms. The average molecular weight is 336 g/mol. The summed E-state index contributed by atoms with van der Waals surface area (Å²) >= 11 is 0. The number of nitrogens with one attached hydrogen (secondary N) is 1. The van der Waals surface area contributed by atoms with E-state index in [9.17, 15) is 29.0 Å². The van der Waals surface area contributed by atoms with Crippen LogP contribution in [-0.2, 0) is 0 Å². The van der Waals surface area contributed by atoms with Crippen LogP contribution < -0.4 is 16.0 Å². The molecule has 0 amide bonds. The van der Waals surface area contributed by atoms with Gasteiger partial charge in [-0.05, 0) is 24.6 Å². The number of hydrogen-bond donors (Lipinski definition) is 4. The van der Waals surface area contributed by atoms with Gasteiger partial charge in [-0.15, -0.1) is 0 Å². The van der Waals surface area contributed by atoms with Gasteiger partial charge in [-0.25, -0.2) is 14.0 Å². The predicted molar refractivity (Wildman–Crippen MR) is 82.0 cm³/mol. The molecule has 0 aliphatic heterocycles. The Labute approximate surface area is 134 Å². The van der Waals surface area contributed by atoms with E-state index < -0.39 is 45.8 Å². The van der Waals surface area contributed by atoms with Crippen LogP contribution >= 0.6 is 0 Å². The highest BCUT2D eigenvalue weighted by molar-refractivity contribution is 6.07. The van der Waals surface area contributed by atoms with E-state index in [0.29, 0.717) is 0 Å². The number of halogens is 1. The van der Waals surface area contributed by atoms with Gasteiger partial charge in [-0.1, -0.05) is 6.07 Å². The number of nitrogens with two attached hydrogens (primary N) is 1. The van der Waals surface area contributed by atoms with Crippen molar-refractivity contribution in [1.29, 1.82) is 0 Å². The molecule has 1 heterocycles. The number of carbonyl (C=O) groups is 2. The summed E-state index contributed by atoms with van der Waals surface area (Å²) in [5.74, 6) is -4.67. The molecular formula is C15H13FN2O6. The number of rotatable bonds is 5. The summed E-state index contributed by atoms with van der Waals surface area (Å²) in [5, 5.41) is 18.5. The van der Waals surface area contributed by atoms with Crippen molar-refractivity contribution < 1.29 is 28.9 Å². The van der Waals surface area contributed by atoms with Crippen molar-refractivity contribution in [3.8, 4) is 16.9 Å². The van der Waals surface area contributed by atoms with E-state index in [-0.39, 0.29) is 17.9 Å². The maximum Gasteiger partial charge on any atom is 0.342 e. The van der Waals surface area contributed by atoms with E-state index in [4.69, 9.17) is 10.5 Å². The van der Waals surface area contributed by atoms with Crippen molar-refractivity contribution in [3.63, 3.8) is 0 Å². The fourth-order valence-electron chi connectivity index (χ4n) is 2.26. The fraction of sp³-hybridized carbons (Fsp3) is 0.133. The molecule has 24 heavy (non-hydrogen) atoms. The number of ether oxygens (including phenoxy) is 1. The van der Waals surface area contributed by atoms with Gasteiger partial charge in [-0.2, -0.15) is 0 Å². The lowest BCUT2D eigenvalue weighted by atomic mass is 9.95. The van der Waals surface area contributed by atoms with Gasteiger partial charge in [0.05, 0.1) is 6.61 Å². The van der Waals surface area contributed by atoms with Crippen LogP contribution in [0.2, 0.25) is 0 Å². The van der Waals surface area contributed by atoms with Crippen LogP contribution in [0.15, 0.2) is 23.0 Å². The van der Waals surface area contributed by atoms with Gasteiger partial charge in [0, 0.05) is 5.56 Å². The molecule has 1 aromatic carbocycles. The van der Waals surface area contributed by atoms with Crippen LogP contribution in [0.1, 0.15) is 27.6 Å². The third kappa shape index (κ3) is 2.91. The Morgan fingerprint density at radius 3 is 2.38 bits per heavy atom. The Morgan fingerprint density at radius 1 is 1.25 bits per heavy atom. The molecule has 9 heteroatoms. The number of carboxylic acid groups (broad SMARTS) is 2. The average Bonchev–Trinajstić information content (AvgIpc) is 2.47. The van der Waals surface area contributed by atoms with E-state index in [1.165, 1.54) is 12.1 Å². The lowest BCUT2D eigenvalue weighted by Gasteiger charge is -2.13. The molecule has 1 aromatic heterocycles. The number of aromatic carboxylic acids is 2. The molecule has 0 fully saturated rings. The van der Waals surface area contributed by atoms with E-state index >= 15 is 0 Å². The largest absolute Gasteiger partial charge is 0.491 e. The quantitative estimate of drug-likeness (QED) is 0.648. The molecule has 2 aromatic rings. The van der Waals surface area contributed by atoms with Crippen molar-refractivity contribution >= 4 is 17.8 Å². The summed E-state index contributed by atoms with van der Waals surface area (Å²) in [6.07, 6.45) is 0. The lowest BCUT2D eigenvalue weighted by molar-refractivity contribution is 0.0695. The molecule has 0 bridgehead atoms. The highest BCUT2D eigenvalue weighted by Gasteiger charge is 2.27. The first-order chi connectivity index (χ1) is 11.3. The highest BCUT2D eigenvalue weighted by Crippen LogP contribution is 2.31. The third-order valence-corrected chi connectivity index (χ3v) is 3.19. The van der Waals surface area contributed by atoms with Gasteiger partial charge in [-0.3, -0.25) is 4.79 Å². The minimum atomic E-state index is -1.66. The standard InChI is InChI=1S/C15H13FN2O6/c1-2-24-8-4-3-6(5-7(8)16)9-10(14(20)21)12(17)18-13(19)11(9)15(22)23/h3-5H,2H2,1H3,(H,20,21)(H,22,23)(H3,17,18,19). The molecule has 8 nitrogen and oxygen atoms in total. The van der Waals surface area contributed by atoms with Crippen molar-refractivity contribution in [2.45, 2.75) is 6.92 Å². The molecule has 0 saturated carbocycles. The number of carboxylic acids is 2. The second-order valence-electron chi connectivity index (χ2n) is 4.68. The summed E-state index contributed by atoms with van der Waals surface area (Å²) < 4.78 is 19.1. The monoisotopic (exact) mass is 336 g/mol. The summed E-state index contributed by atoms with van der Waals surface area (Å²) in [5.41, 5.74) is 2.34. The number of hydrogen-bond acceptors (Lipinski definition) is 5. The molecule has 0 aliphatic carbocycles. The van der Waals surface area contributed by atoms with Gasteiger partial charge in [0.15, 0.2) is 11.6 Å². The first kappa shape index (κ1) is 17.0. The van der Waals surface area contributed by atoms with Gasteiger partial charge in [0.2, 0.25) is 0 Å². The highest BCUT2D eigenvalue weighted by atomic mass is 19.1. The Morgan fingerprint density at radius 2 is 1.88 bits per heavy atom. The number of aromatic nitrogens is 1. The number of benzene rings is 1. The zero-order chi connectivity index (χ0) is 18.0. The zero-order valence-corrected chi connectivity index (χ0v) is 12.4. The fourth-order valence-corrected chi connectivity index (χ4v) is 2.26. The van der Waals surface area contributed by atoms with Crippen LogP contribution in [0.5, 0.6) is 5.75 Å². The predicted octanol–water partition coefficient (Wildman–Crippen LogP) is 1.56. The summed E-state index contributed by atoms with van der Waals surface area (Å²) in [6, 6.07) is 3.35. The molecule has 126 valence electrons. The van der Waals surface area contributed by atoms with Gasteiger partial charge in [0.1, 0.15) is 16.9 Å². The number of nitrogen functional groups attached to an aromatic ring is 1. The number of anilines is 1. The van der Waals surface area contributed by atoms with Crippen LogP contribution in [0.25, 0.3) is 11.1 Å². The van der Waals surface area contributed by atoms with E-state index in [2.05, 4.69) is 0 Å². The summed E-state index contributed by atoms with van der Waals surface area (Å²) in [7, 11) is 0. The first-order valence-electron chi connectivity index (χ1n) is 6.73. The van der Waals surface area contributed by atoms with Crippen molar-refractivity contribution in [3.05, 3.63) is 45.5 Å². The molecule has 0 saturated heterocycles. The van der Waals surface area contributed by atoms with Crippen LogP contribution in [-0.4, -0.2) is 33.7 Å². The molecule has 0 radical (unpaired) electrons. The van der Waals surface area contributed by atoms with Crippen molar-refractivity contribution in [2.24, 2.45) is 0 Å². The number of pyridine rings is 1. The van der Waals surface area contributed by atoms with Crippen molar-refractivity contribution in [1.82, 2.24) is 4.98 Å². The maximum absolute atomic E-state index is 14.1. The van der Waals surface area contributed by atoms with E-state index in [1.54, 1.807) is 6.92 Å². The van der Waals surface area contributed by atoms with Gasteiger partial charge >= 0.3 is 11.9 Å². The smallest absolute Gasteiger partial charge is 0.342 e. The zero-order valence-electron chi connectivity index (χ0n) is 12.4. The normalized spacial score (nSPS) is 10.4. The van der Waals surface area contributed by atoms with Crippen LogP contribution in [0.4, 0.5) is 10.2 Å². The molecule has 0 unspecified atom stereocenters. The molecular weight excluding hydrogens is 323 g/mol. The second-order valence-corrected chi connectivity index (χ2v) is 4.68. The molecule has 5 N–H and O–H groups in total. The first-order valence-corrected chi connectivity index (χ1v) is 6.73. The van der Waals surface area contributed by atoms with Gasteiger partial charge in [0.25, 0.3) is 5.56 Å². The minimum absolute atomic E-state index is 0.0900. The second kappa shape index (κ2) is 6.41. The molecule has 2 rings (SSSR count). The van der Waals surface area contributed by atoms with Crippen LogP contribution in [0.3, 0.4) is 0 Å². The lowest BCUT2D eigenvalue weighted by Crippen LogP contribution is -2.24. The minimum Gasteiger partial charge on any atom is -0.491 e. The summed E-state index contributed by atoms with van der Waals surface area (Å²) in [4.78, 5) is 36.7. The Kier molecular flexibility index (Phi) is 4.54. The number of H-pyrrole nitrogens is 1. The Bertz CT molecular complexity index is 890. The number of aromatic amines is 1. The molecule has 0 aliphatic rings. The summed E-state index contributed by atoms with van der Waals surface area (Å²) in [6.45, 7) is 1.85. The van der Waals surface area contributed by atoms with Crippen molar-refractivity contribution in [2.75, 3.05) is 12.3 Å². The van der Waals surface area contributed by atoms with E-state index in [1.807, 2.05) is 4.98 Å². The Hall–Kier alpha value is -3.36.